The van der Waals surface area contributed by atoms with E-state index in [-0.39, 0.29) is 0 Å². The fourth-order valence-corrected chi connectivity index (χ4v) is 1.57. The minimum Gasteiger partial charge on any atom is -0.439 e. The first-order valence-corrected chi connectivity index (χ1v) is 5.41. The van der Waals surface area contributed by atoms with E-state index in [0.29, 0.717) is 11.7 Å². The van der Waals surface area contributed by atoms with E-state index in [0.717, 1.165) is 22.7 Å². The smallest absolute Gasteiger partial charge is 0.222 e. The van der Waals surface area contributed by atoms with Crippen LogP contribution in [0.25, 0.3) is 0 Å². The first-order chi connectivity index (χ1) is 8.04. The number of anilines is 1. The average molecular weight is 229 g/mol. The molecule has 0 bridgehead atoms. The Morgan fingerprint density at radius 1 is 1.06 bits per heavy atom. The van der Waals surface area contributed by atoms with Crippen LogP contribution in [0.3, 0.4) is 0 Å². The average Bonchev–Trinajstić information content (AvgIpc) is 2.22. The van der Waals surface area contributed by atoms with Crippen molar-refractivity contribution in [3.8, 4) is 11.6 Å². The fourth-order valence-electron chi connectivity index (χ4n) is 1.57. The lowest BCUT2D eigenvalue weighted by atomic mass is 10.2. The van der Waals surface area contributed by atoms with Crippen LogP contribution in [0.4, 0.5) is 5.69 Å². The monoisotopic (exact) mass is 229 g/mol. The van der Waals surface area contributed by atoms with E-state index in [4.69, 9.17) is 10.5 Å². The molecule has 1 aromatic heterocycles. The van der Waals surface area contributed by atoms with E-state index in [1.54, 1.807) is 6.07 Å². The molecule has 0 radical (unpaired) electrons. The fraction of sp³-hybridized carbons (Fsp3) is 0.231. The van der Waals surface area contributed by atoms with Crippen molar-refractivity contribution in [3.05, 3.63) is 41.3 Å². The predicted molar refractivity (Wildman–Crippen MR) is 67.2 cm³/mol. The third-order valence-corrected chi connectivity index (χ3v) is 2.41. The van der Waals surface area contributed by atoms with E-state index >= 15 is 0 Å². The third-order valence-electron chi connectivity index (χ3n) is 2.41. The van der Waals surface area contributed by atoms with Gasteiger partial charge in [0.25, 0.3) is 0 Å². The van der Waals surface area contributed by atoms with Crippen LogP contribution in [0.2, 0.25) is 0 Å². The molecule has 2 aromatic rings. The van der Waals surface area contributed by atoms with Gasteiger partial charge in [0, 0.05) is 17.4 Å². The van der Waals surface area contributed by atoms with Crippen molar-refractivity contribution in [3.63, 3.8) is 0 Å². The molecule has 0 aliphatic rings. The predicted octanol–water partition coefficient (Wildman–Crippen LogP) is 2.78. The quantitative estimate of drug-likeness (QED) is 0.804. The molecule has 0 aliphatic carbocycles. The van der Waals surface area contributed by atoms with Crippen molar-refractivity contribution in [2.45, 2.75) is 20.8 Å². The van der Waals surface area contributed by atoms with Gasteiger partial charge in [0.05, 0.1) is 0 Å². The van der Waals surface area contributed by atoms with Gasteiger partial charge in [0.15, 0.2) is 0 Å². The topological polar surface area (TPSA) is 61.0 Å². The maximum atomic E-state index is 5.75. The molecule has 1 aromatic carbocycles. The Kier molecular flexibility index (Phi) is 2.95. The van der Waals surface area contributed by atoms with Crippen LogP contribution in [0.1, 0.15) is 17.1 Å². The first-order valence-electron chi connectivity index (χ1n) is 5.41. The number of nitrogens with zero attached hydrogens (tertiary/aromatic N) is 2. The largest absolute Gasteiger partial charge is 0.439 e. The van der Waals surface area contributed by atoms with Crippen LogP contribution in [-0.2, 0) is 0 Å². The summed E-state index contributed by atoms with van der Waals surface area (Å²) in [4.78, 5) is 8.41. The molecule has 0 atom stereocenters. The summed E-state index contributed by atoms with van der Waals surface area (Å²) in [6.07, 6.45) is 0. The lowest BCUT2D eigenvalue weighted by Crippen LogP contribution is -1.96. The van der Waals surface area contributed by atoms with E-state index in [2.05, 4.69) is 9.97 Å². The zero-order chi connectivity index (χ0) is 12.4. The molecule has 88 valence electrons. The molecule has 4 nitrogen and oxygen atoms in total. The first kappa shape index (κ1) is 11.4. The summed E-state index contributed by atoms with van der Waals surface area (Å²) >= 11 is 0. The van der Waals surface area contributed by atoms with Gasteiger partial charge in [-0.3, -0.25) is 0 Å². The van der Waals surface area contributed by atoms with Gasteiger partial charge in [-0.1, -0.05) is 0 Å². The standard InChI is InChI=1S/C13H15N3O/c1-8-6-11(4-5-12(8)14)17-13-7-9(2)15-10(3)16-13/h4-7H,14H2,1-3H3. The van der Waals surface area contributed by atoms with Crippen LogP contribution < -0.4 is 10.5 Å². The number of ether oxygens (including phenoxy) is 1. The summed E-state index contributed by atoms with van der Waals surface area (Å²) < 4.78 is 5.67. The van der Waals surface area contributed by atoms with E-state index in [1.165, 1.54) is 0 Å². The van der Waals surface area contributed by atoms with Crippen molar-refractivity contribution in [1.29, 1.82) is 0 Å². The van der Waals surface area contributed by atoms with Gasteiger partial charge in [-0.25, -0.2) is 4.98 Å². The highest BCUT2D eigenvalue weighted by Crippen LogP contribution is 2.23. The van der Waals surface area contributed by atoms with E-state index in [1.807, 2.05) is 39.0 Å². The van der Waals surface area contributed by atoms with Crippen LogP contribution in [0.15, 0.2) is 24.3 Å². The highest BCUT2D eigenvalue weighted by molar-refractivity contribution is 5.50. The Bertz CT molecular complexity index is 532. The number of hydrogen-bond donors (Lipinski definition) is 1. The van der Waals surface area contributed by atoms with Gasteiger partial charge in [0.1, 0.15) is 11.6 Å². The van der Waals surface area contributed by atoms with Gasteiger partial charge < -0.3 is 10.5 Å². The minimum absolute atomic E-state index is 0.555. The molecule has 0 aliphatic heterocycles. The Morgan fingerprint density at radius 2 is 1.82 bits per heavy atom. The normalized spacial score (nSPS) is 10.3. The molecule has 1 heterocycles. The SMILES string of the molecule is Cc1cc(Oc2ccc(N)c(C)c2)nc(C)n1. The second-order valence-electron chi connectivity index (χ2n) is 4.02. The zero-order valence-corrected chi connectivity index (χ0v) is 10.2. The summed E-state index contributed by atoms with van der Waals surface area (Å²) in [6.45, 7) is 5.70. The second-order valence-corrected chi connectivity index (χ2v) is 4.02. The molecular weight excluding hydrogens is 214 g/mol. The summed E-state index contributed by atoms with van der Waals surface area (Å²) in [5, 5.41) is 0. The lowest BCUT2D eigenvalue weighted by Gasteiger charge is -2.08. The Hall–Kier alpha value is -2.10. The molecule has 0 spiro atoms. The molecule has 0 fully saturated rings. The number of hydrogen-bond acceptors (Lipinski definition) is 4. The molecule has 0 saturated heterocycles. The van der Waals surface area contributed by atoms with Crippen molar-refractivity contribution < 1.29 is 4.74 Å². The van der Waals surface area contributed by atoms with Gasteiger partial charge in [-0.05, 0) is 44.5 Å². The van der Waals surface area contributed by atoms with Gasteiger partial charge in [-0.2, -0.15) is 4.98 Å². The van der Waals surface area contributed by atoms with Crippen LogP contribution in [-0.4, -0.2) is 9.97 Å². The summed E-state index contributed by atoms with van der Waals surface area (Å²) in [6, 6.07) is 7.35. The van der Waals surface area contributed by atoms with E-state index < -0.39 is 0 Å². The molecule has 2 rings (SSSR count). The van der Waals surface area contributed by atoms with Crippen molar-refractivity contribution >= 4 is 5.69 Å². The van der Waals surface area contributed by atoms with Crippen LogP contribution in [0, 0.1) is 20.8 Å². The molecule has 4 heteroatoms. The molecule has 17 heavy (non-hydrogen) atoms. The van der Waals surface area contributed by atoms with Gasteiger partial charge >= 0.3 is 0 Å². The number of nitrogens with two attached hydrogens (primary N) is 1. The van der Waals surface area contributed by atoms with Crippen molar-refractivity contribution in [2.75, 3.05) is 5.73 Å². The Morgan fingerprint density at radius 3 is 2.47 bits per heavy atom. The maximum absolute atomic E-state index is 5.75. The second kappa shape index (κ2) is 4.41. The molecule has 0 amide bonds. The molecule has 0 unspecified atom stereocenters. The van der Waals surface area contributed by atoms with Crippen LogP contribution in [0.5, 0.6) is 11.6 Å². The number of rotatable bonds is 2. The third kappa shape index (κ3) is 2.72. The summed E-state index contributed by atoms with van der Waals surface area (Å²) in [5.41, 5.74) is 8.39. The van der Waals surface area contributed by atoms with Gasteiger partial charge in [-0.15, -0.1) is 0 Å². The number of aromatic nitrogens is 2. The van der Waals surface area contributed by atoms with Crippen LogP contribution >= 0.6 is 0 Å². The molecule has 2 N–H and O–H groups in total. The minimum atomic E-state index is 0.555. The number of aryl methyl sites for hydroxylation is 3. The highest BCUT2D eigenvalue weighted by atomic mass is 16.5. The summed E-state index contributed by atoms with van der Waals surface area (Å²) in [5.74, 6) is 1.99. The maximum Gasteiger partial charge on any atom is 0.222 e. The lowest BCUT2D eigenvalue weighted by molar-refractivity contribution is 0.458. The van der Waals surface area contributed by atoms with Crippen molar-refractivity contribution in [2.24, 2.45) is 0 Å². The molecular formula is C13H15N3O. The van der Waals surface area contributed by atoms with Gasteiger partial charge in [0.2, 0.25) is 5.88 Å². The Balaban J connectivity index is 2.28. The molecule has 0 saturated carbocycles. The number of nitrogen functional groups attached to an aromatic ring is 1. The van der Waals surface area contributed by atoms with E-state index in [9.17, 15) is 0 Å². The zero-order valence-electron chi connectivity index (χ0n) is 10.2. The number of benzene rings is 1. The Labute approximate surface area is 100 Å². The highest BCUT2D eigenvalue weighted by Gasteiger charge is 2.03. The summed E-state index contributed by atoms with van der Waals surface area (Å²) in [7, 11) is 0. The van der Waals surface area contributed by atoms with Crippen molar-refractivity contribution in [1.82, 2.24) is 9.97 Å².